The fraction of sp³-hybridized carbons (Fsp3) is 0.500. The van der Waals surface area contributed by atoms with E-state index in [1.54, 1.807) is 23.1 Å². The van der Waals surface area contributed by atoms with Crippen LogP contribution in [0, 0.1) is 10.1 Å². The van der Waals surface area contributed by atoms with Gasteiger partial charge in [0.15, 0.2) is 0 Å². The Morgan fingerprint density at radius 1 is 1.45 bits per heavy atom. The van der Waals surface area contributed by atoms with Crippen LogP contribution in [-0.4, -0.2) is 48.5 Å². The van der Waals surface area contributed by atoms with Crippen LogP contribution in [0.1, 0.15) is 12.8 Å². The number of nitrogens with one attached hydrogen (secondary N) is 2. The number of likely N-dealkylation sites (tertiary alicyclic amines) is 1. The maximum atomic E-state index is 12.2. The number of anilines is 1. The molecule has 1 aliphatic rings. The number of benzene rings is 1. The maximum absolute atomic E-state index is 12.2. The van der Waals surface area contributed by atoms with Gasteiger partial charge >= 0.3 is 0 Å². The lowest BCUT2D eigenvalue weighted by molar-refractivity contribution is -0.383. The topological polar surface area (TPSA) is 87.5 Å². The van der Waals surface area contributed by atoms with Crippen LogP contribution in [0.2, 0.25) is 0 Å². The first-order valence-electron chi connectivity index (χ1n) is 7.04. The van der Waals surface area contributed by atoms with Crippen LogP contribution in [0.3, 0.4) is 0 Å². The van der Waals surface area contributed by atoms with Crippen LogP contribution in [0.25, 0.3) is 0 Å². The summed E-state index contributed by atoms with van der Waals surface area (Å²) >= 11 is 0. The number of carbonyl (C=O) groups is 1. The Labute approximate surface area is 135 Å². The number of nitrogens with zero attached hydrogens (tertiary/aromatic N) is 2. The Balaban J connectivity index is 0.00000242. The summed E-state index contributed by atoms with van der Waals surface area (Å²) in [5.74, 6) is -0.0342. The van der Waals surface area contributed by atoms with Crippen molar-refractivity contribution in [2.24, 2.45) is 0 Å². The number of hydrogen-bond acceptors (Lipinski definition) is 5. The molecule has 22 heavy (non-hydrogen) atoms. The molecule has 1 aromatic rings. The van der Waals surface area contributed by atoms with E-state index in [2.05, 4.69) is 10.6 Å². The summed E-state index contributed by atoms with van der Waals surface area (Å²) in [6.07, 6.45) is 2.04. The molecule has 1 atom stereocenters. The van der Waals surface area contributed by atoms with Crippen molar-refractivity contribution < 1.29 is 9.72 Å². The summed E-state index contributed by atoms with van der Waals surface area (Å²) in [6, 6.07) is 6.67. The van der Waals surface area contributed by atoms with Gasteiger partial charge in [-0.3, -0.25) is 14.9 Å². The van der Waals surface area contributed by atoms with Gasteiger partial charge in [0.25, 0.3) is 5.69 Å². The van der Waals surface area contributed by atoms with E-state index in [0.29, 0.717) is 18.3 Å². The van der Waals surface area contributed by atoms with Gasteiger partial charge in [-0.05, 0) is 26.0 Å². The monoisotopic (exact) mass is 328 g/mol. The van der Waals surface area contributed by atoms with Gasteiger partial charge in [0.2, 0.25) is 5.91 Å². The minimum absolute atomic E-state index is 0. The number of carbonyl (C=O) groups excluding carboxylic acids is 1. The van der Waals surface area contributed by atoms with E-state index < -0.39 is 4.92 Å². The molecule has 8 heteroatoms. The van der Waals surface area contributed by atoms with Gasteiger partial charge in [0.05, 0.1) is 11.5 Å². The second kappa shape index (κ2) is 8.55. The van der Waals surface area contributed by atoms with Gasteiger partial charge in [-0.2, -0.15) is 0 Å². The predicted octanol–water partition coefficient (Wildman–Crippen LogP) is 1.64. The molecule has 7 nitrogen and oxygen atoms in total. The highest BCUT2D eigenvalue weighted by Crippen LogP contribution is 2.23. The van der Waals surface area contributed by atoms with E-state index in [0.717, 1.165) is 19.4 Å². The van der Waals surface area contributed by atoms with Crippen LogP contribution in [0.15, 0.2) is 24.3 Å². The molecule has 1 fully saturated rings. The number of nitro groups is 1. The summed E-state index contributed by atoms with van der Waals surface area (Å²) in [4.78, 5) is 24.4. The highest BCUT2D eigenvalue weighted by atomic mass is 35.5. The fourth-order valence-corrected chi connectivity index (χ4v) is 2.50. The summed E-state index contributed by atoms with van der Waals surface area (Å²) in [6.45, 7) is 1.50. The molecule has 0 bridgehead atoms. The van der Waals surface area contributed by atoms with Crippen molar-refractivity contribution in [3.05, 3.63) is 34.4 Å². The van der Waals surface area contributed by atoms with Gasteiger partial charge in [0, 0.05) is 25.2 Å². The Morgan fingerprint density at radius 2 is 2.18 bits per heavy atom. The lowest BCUT2D eigenvalue weighted by Crippen LogP contribution is -2.48. The summed E-state index contributed by atoms with van der Waals surface area (Å²) in [5.41, 5.74) is 0.357. The van der Waals surface area contributed by atoms with Crippen molar-refractivity contribution in [2.75, 3.05) is 32.0 Å². The van der Waals surface area contributed by atoms with Gasteiger partial charge in [-0.15, -0.1) is 12.4 Å². The molecular formula is C14H21ClN4O3. The molecule has 0 saturated carbocycles. The molecule has 0 spiro atoms. The third-order valence-electron chi connectivity index (χ3n) is 3.71. The molecule has 122 valence electrons. The number of para-hydroxylation sites is 2. The number of halogens is 1. The normalized spacial score (nSPS) is 17.5. The number of likely N-dealkylation sites (N-methyl/N-ethyl adjacent to an activating group) is 1. The Kier molecular flexibility index (Phi) is 7.07. The highest BCUT2D eigenvalue weighted by Gasteiger charge is 2.22. The van der Waals surface area contributed by atoms with E-state index in [-0.39, 0.29) is 30.5 Å². The van der Waals surface area contributed by atoms with Crippen LogP contribution in [-0.2, 0) is 4.79 Å². The number of rotatable bonds is 5. The molecule has 1 unspecified atom stereocenters. The van der Waals surface area contributed by atoms with Crippen molar-refractivity contribution in [1.29, 1.82) is 0 Å². The molecule has 2 rings (SSSR count). The van der Waals surface area contributed by atoms with Crippen LogP contribution >= 0.6 is 12.4 Å². The van der Waals surface area contributed by atoms with Gasteiger partial charge in [-0.1, -0.05) is 12.1 Å². The maximum Gasteiger partial charge on any atom is 0.292 e. The SMILES string of the molecule is CNC1CCCN(C(=O)CNc2ccccc2[N+](=O)[O-])C1.Cl. The largest absolute Gasteiger partial charge is 0.371 e. The first kappa shape index (κ1) is 18.2. The lowest BCUT2D eigenvalue weighted by atomic mass is 10.1. The Bertz CT molecular complexity index is 527. The molecule has 1 aromatic carbocycles. The molecule has 1 aliphatic heterocycles. The minimum Gasteiger partial charge on any atom is -0.371 e. The second-order valence-corrected chi connectivity index (χ2v) is 5.10. The molecule has 0 aromatic heterocycles. The number of amides is 1. The first-order valence-corrected chi connectivity index (χ1v) is 7.04. The summed E-state index contributed by atoms with van der Waals surface area (Å²) in [7, 11) is 1.89. The minimum atomic E-state index is -0.454. The summed E-state index contributed by atoms with van der Waals surface area (Å²) < 4.78 is 0. The molecular weight excluding hydrogens is 308 g/mol. The average molecular weight is 329 g/mol. The zero-order chi connectivity index (χ0) is 15.2. The fourth-order valence-electron chi connectivity index (χ4n) is 2.50. The van der Waals surface area contributed by atoms with E-state index in [1.165, 1.54) is 6.07 Å². The molecule has 1 saturated heterocycles. The third kappa shape index (κ3) is 4.57. The van der Waals surface area contributed by atoms with Crippen molar-refractivity contribution in [3.8, 4) is 0 Å². The van der Waals surface area contributed by atoms with Crippen LogP contribution in [0.4, 0.5) is 11.4 Å². The van der Waals surface area contributed by atoms with Crippen molar-refractivity contribution in [3.63, 3.8) is 0 Å². The summed E-state index contributed by atoms with van der Waals surface area (Å²) in [5, 5.41) is 17.0. The zero-order valence-corrected chi connectivity index (χ0v) is 13.3. The lowest BCUT2D eigenvalue weighted by Gasteiger charge is -2.32. The average Bonchev–Trinajstić information content (AvgIpc) is 2.52. The van der Waals surface area contributed by atoms with E-state index in [9.17, 15) is 14.9 Å². The van der Waals surface area contributed by atoms with Gasteiger partial charge < -0.3 is 15.5 Å². The standard InChI is InChI=1S/C14H20N4O3.ClH/c1-15-11-5-4-8-17(10-11)14(19)9-16-12-6-2-3-7-13(12)18(20)21;/h2-3,6-7,11,15-16H,4-5,8-10H2,1H3;1H. The van der Waals surface area contributed by atoms with Crippen molar-refractivity contribution in [1.82, 2.24) is 10.2 Å². The smallest absolute Gasteiger partial charge is 0.292 e. The number of piperidine rings is 1. The van der Waals surface area contributed by atoms with Crippen molar-refractivity contribution >= 4 is 29.7 Å². The van der Waals surface area contributed by atoms with Crippen molar-refractivity contribution in [2.45, 2.75) is 18.9 Å². The predicted molar refractivity (Wildman–Crippen MR) is 87.5 cm³/mol. The van der Waals surface area contributed by atoms with Gasteiger partial charge in [-0.25, -0.2) is 0 Å². The van der Waals surface area contributed by atoms with Crippen LogP contribution in [0.5, 0.6) is 0 Å². The van der Waals surface area contributed by atoms with E-state index >= 15 is 0 Å². The van der Waals surface area contributed by atoms with Crippen LogP contribution < -0.4 is 10.6 Å². The zero-order valence-electron chi connectivity index (χ0n) is 12.4. The Morgan fingerprint density at radius 3 is 2.86 bits per heavy atom. The molecule has 1 amide bonds. The third-order valence-corrected chi connectivity index (χ3v) is 3.71. The molecule has 0 radical (unpaired) electrons. The highest BCUT2D eigenvalue weighted by molar-refractivity contribution is 5.85. The molecule has 2 N–H and O–H groups in total. The van der Waals surface area contributed by atoms with E-state index in [4.69, 9.17) is 0 Å². The quantitative estimate of drug-likeness (QED) is 0.633. The van der Waals surface area contributed by atoms with E-state index in [1.807, 2.05) is 7.05 Å². The Hall–Kier alpha value is -1.86. The number of hydrogen-bond donors (Lipinski definition) is 2. The first-order chi connectivity index (χ1) is 10.1. The second-order valence-electron chi connectivity index (χ2n) is 5.10. The molecule has 1 heterocycles. The number of nitro benzene ring substituents is 1. The van der Waals surface area contributed by atoms with Gasteiger partial charge in [0.1, 0.15) is 5.69 Å². The molecule has 0 aliphatic carbocycles.